The summed E-state index contributed by atoms with van der Waals surface area (Å²) in [4.78, 5) is 11.1. The molecule has 1 unspecified atom stereocenters. The van der Waals surface area contributed by atoms with Crippen molar-refractivity contribution in [1.82, 2.24) is 0 Å². The van der Waals surface area contributed by atoms with Crippen LogP contribution in [0, 0.1) is 6.92 Å². The summed E-state index contributed by atoms with van der Waals surface area (Å²) in [6.07, 6.45) is 4.75. The highest BCUT2D eigenvalue weighted by Gasteiger charge is 2.08. The van der Waals surface area contributed by atoms with E-state index in [0.29, 0.717) is 11.6 Å². The normalized spacial score (nSPS) is 12.2. The predicted molar refractivity (Wildman–Crippen MR) is 76.9 cm³/mol. The molecule has 0 aromatic heterocycles. The van der Waals surface area contributed by atoms with Gasteiger partial charge in [-0.3, -0.25) is 4.79 Å². The Morgan fingerprint density at radius 2 is 2.11 bits per heavy atom. The topological polar surface area (TPSA) is 55.1 Å². The second-order valence-corrected chi connectivity index (χ2v) is 4.79. The van der Waals surface area contributed by atoms with E-state index < -0.39 is 0 Å². The van der Waals surface area contributed by atoms with Gasteiger partial charge in [0.1, 0.15) is 0 Å². The van der Waals surface area contributed by atoms with Crippen LogP contribution in [0.2, 0.25) is 0 Å². The molecule has 1 rings (SSSR count). The molecule has 0 aliphatic carbocycles. The van der Waals surface area contributed by atoms with Crippen molar-refractivity contribution < 1.29 is 4.79 Å². The van der Waals surface area contributed by atoms with Crippen molar-refractivity contribution in [3.8, 4) is 0 Å². The fraction of sp³-hybridized carbons (Fsp3) is 0.533. The van der Waals surface area contributed by atoms with E-state index in [2.05, 4.69) is 19.2 Å². The SMILES string of the molecule is CCCCC(CC)Nc1ccc(C(N)=O)cc1C. The number of hydrogen-bond acceptors (Lipinski definition) is 2. The van der Waals surface area contributed by atoms with Crippen molar-refractivity contribution in [3.63, 3.8) is 0 Å². The van der Waals surface area contributed by atoms with Crippen LogP contribution < -0.4 is 11.1 Å². The molecule has 3 heteroatoms. The van der Waals surface area contributed by atoms with Gasteiger partial charge >= 0.3 is 0 Å². The highest BCUT2D eigenvalue weighted by molar-refractivity contribution is 5.93. The molecule has 1 aromatic rings. The predicted octanol–water partition coefficient (Wildman–Crippen LogP) is 3.47. The Bertz CT molecular complexity index is 401. The largest absolute Gasteiger partial charge is 0.382 e. The average Bonchev–Trinajstić information content (AvgIpc) is 2.35. The molecule has 0 saturated carbocycles. The summed E-state index contributed by atoms with van der Waals surface area (Å²) >= 11 is 0. The van der Waals surface area contributed by atoms with Gasteiger partial charge in [0.15, 0.2) is 0 Å². The molecule has 0 fully saturated rings. The van der Waals surface area contributed by atoms with Crippen LogP contribution in [0.15, 0.2) is 18.2 Å². The Hall–Kier alpha value is -1.51. The number of anilines is 1. The molecule has 3 N–H and O–H groups in total. The summed E-state index contributed by atoms with van der Waals surface area (Å²) in [6.45, 7) is 6.40. The highest BCUT2D eigenvalue weighted by Crippen LogP contribution is 2.19. The molecule has 0 radical (unpaired) electrons. The third-order valence-electron chi connectivity index (χ3n) is 3.27. The van der Waals surface area contributed by atoms with Crippen molar-refractivity contribution in [2.45, 2.75) is 52.5 Å². The first-order chi connectivity index (χ1) is 8.58. The van der Waals surface area contributed by atoms with Gasteiger partial charge in [-0.1, -0.05) is 26.7 Å². The molecule has 0 bridgehead atoms. The summed E-state index contributed by atoms with van der Waals surface area (Å²) in [5.41, 5.74) is 8.01. The first-order valence-corrected chi connectivity index (χ1v) is 6.75. The van der Waals surface area contributed by atoms with E-state index in [9.17, 15) is 4.79 Å². The fourth-order valence-electron chi connectivity index (χ4n) is 2.03. The number of hydrogen-bond donors (Lipinski definition) is 2. The Balaban J connectivity index is 2.74. The van der Waals surface area contributed by atoms with Crippen molar-refractivity contribution in [3.05, 3.63) is 29.3 Å². The number of amides is 1. The molecule has 0 heterocycles. The molecule has 0 aliphatic rings. The smallest absolute Gasteiger partial charge is 0.248 e. The summed E-state index contributed by atoms with van der Waals surface area (Å²) in [7, 11) is 0. The Labute approximate surface area is 110 Å². The van der Waals surface area contributed by atoms with Crippen LogP contribution in [-0.4, -0.2) is 11.9 Å². The zero-order valence-electron chi connectivity index (χ0n) is 11.6. The fourth-order valence-corrected chi connectivity index (χ4v) is 2.03. The van der Waals surface area contributed by atoms with Crippen LogP contribution in [0.3, 0.4) is 0 Å². The number of carbonyl (C=O) groups is 1. The standard InChI is InChI=1S/C15H24N2O/c1-4-6-7-13(5-2)17-14-9-8-12(15(16)18)10-11(14)3/h8-10,13,17H,4-7H2,1-3H3,(H2,16,18). The Kier molecular flexibility index (Phi) is 5.69. The van der Waals surface area contributed by atoms with Crippen LogP contribution in [0.25, 0.3) is 0 Å². The number of primary amides is 1. The minimum Gasteiger partial charge on any atom is -0.382 e. The molecule has 18 heavy (non-hydrogen) atoms. The molecular weight excluding hydrogens is 224 g/mol. The van der Waals surface area contributed by atoms with Crippen LogP contribution in [0.1, 0.15) is 55.5 Å². The summed E-state index contributed by atoms with van der Waals surface area (Å²) in [5.74, 6) is -0.373. The minimum atomic E-state index is -0.373. The van der Waals surface area contributed by atoms with E-state index >= 15 is 0 Å². The van der Waals surface area contributed by atoms with Gasteiger partial charge in [0.2, 0.25) is 5.91 Å². The van der Waals surface area contributed by atoms with Gasteiger partial charge in [0.25, 0.3) is 0 Å². The number of unbranched alkanes of at least 4 members (excludes halogenated alkanes) is 1. The van der Waals surface area contributed by atoms with Gasteiger partial charge in [-0.2, -0.15) is 0 Å². The zero-order chi connectivity index (χ0) is 13.5. The van der Waals surface area contributed by atoms with Crippen LogP contribution in [-0.2, 0) is 0 Å². The second-order valence-electron chi connectivity index (χ2n) is 4.79. The van der Waals surface area contributed by atoms with E-state index in [0.717, 1.165) is 17.7 Å². The number of carbonyl (C=O) groups excluding carboxylic acids is 1. The van der Waals surface area contributed by atoms with E-state index in [1.54, 1.807) is 6.07 Å². The lowest BCUT2D eigenvalue weighted by Crippen LogP contribution is -2.19. The zero-order valence-corrected chi connectivity index (χ0v) is 11.6. The van der Waals surface area contributed by atoms with Gasteiger partial charge < -0.3 is 11.1 Å². The van der Waals surface area contributed by atoms with E-state index in [-0.39, 0.29) is 5.91 Å². The first kappa shape index (κ1) is 14.6. The van der Waals surface area contributed by atoms with Gasteiger partial charge in [0, 0.05) is 17.3 Å². The van der Waals surface area contributed by atoms with Crippen molar-refractivity contribution in [1.29, 1.82) is 0 Å². The maximum absolute atomic E-state index is 11.1. The quantitative estimate of drug-likeness (QED) is 0.776. The molecule has 0 saturated heterocycles. The Morgan fingerprint density at radius 1 is 1.39 bits per heavy atom. The maximum Gasteiger partial charge on any atom is 0.248 e. The third kappa shape index (κ3) is 4.06. The van der Waals surface area contributed by atoms with Crippen molar-refractivity contribution in [2.75, 3.05) is 5.32 Å². The third-order valence-corrected chi connectivity index (χ3v) is 3.27. The van der Waals surface area contributed by atoms with Crippen LogP contribution >= 0.6 is 0 Å². The molecule has 3 nitrogen and oxygen atoms in total. The molecule has 1 atom stereocenters. The summed E-state index contributed by atoms with van der Waals surface area (Å²) in [6, 6.07) is 6.08. The van der Waals surface area contributed by atoms with Gasteiger partial charge in [-0.15, -0.1) is 0 Å². The molecule has 1 amide bonds. The number of rotatable bonds is 7. The number of nitrogens with two attached hydrogens (primary N) is 1. The lowest BCUT2D eigenvalue weighted by molar-refractivity contribution is 0.1000. The number of nitrogens with one attached hydrogen (secondary N) is 1. The van der Waals surface area contributed by atoms with E-state index in [1.165, 1.54) is 19.3 Å². The van der Waals surface area contributed by atoms with Gasteiger partial charge in [-0.25, -0.2) is 0 Å². The molecule has 1 aromatic carbocycles. The van der Waals surface area contributed by atoms with Crippen molar-refractivity contribution >= 4 is 11.6 Å². The minimum absolute atomic E-state index is 0.373. The molecule has 0 spiro atoms. The Morgan fingerprint density at radius 3 is 2.61 bits per heavy atom. The summed E-state index contributed by atoms with van der Waals surface area (Å²) < 4.78 is 0. The monoisotopic (exact) mass is 248 g/mol. The molecular formula is C15H24N2O. The van der Waals surface area contributed by atoms with E-state index in [4.69, 9.17) is 5.73 Å². The van der Waals surface area contributed by atoms with Crippen LogP contribution in [0.5, 0.6) is 0 Å². The first-order valence-electron chi connectivity index (χ1n) is 6.75. The molecule has 0 aliphatic heterocycles. The van der Waals surface area contributed by atoms with E-state index in [1.807, 2.05) is 19.1 Å². The maximum atomic E-state index is 11.1. The highest BCUT2D eigenvalue weighted by atomic mass is 16.1. The van der Waals surface area contributed by atoms with Crippen LogP contribution in [0.4, 0.5) is 5.69 Å². The van der Waals surface area contributed by atoms with Gasteiger partial charge in [-0.05, 0) is 43.5 Å². The number of aryl methyl sites for hydroxylation is 1. The lowest BCUT2D eigenvalue weighted by Gasteiger charge is -2.19. The lowest BCUT2D eigenvalue weighted by atomic mass is 10.0. The average molecular weight is 248 g/mol. The van der Waals surface area contributed by atoms with Gasteiger partial charge in [0.05, 0.1) is 0 Å². The summed E-state index contributed by atoms with van der Waals surface area (Å²) in [5, 5.41) is 3.55. The molecule has 100 valence electrons. The number of benzene rings is 1. The second kappa shape index (κ2) is 7.04. The van der Waals surface area contributed by atoms with Crippen molar-refractivity contribution in [2.24, 2.45) is 5.73 Å².